The molecule has 1 fully saturated rings. The van der Waals surface area contributed by atoms with Gasteiger partial charge >= 0.3 is 0 Å². The molecule has 1 N–H and O–H groups in total. The Morgan fingerprint density at radius 3 is 2.48 bits per heavy atom. The fraction of sp³-hybridized carbons (Fsp3) is 0.522. The van der Waals surface area contributed by atoms with Crippen LogP contribution >= 0.6 is 0 Å². The molecule has 1 saturated heterocycles. The SMILES string of the molecule is CC1(C)COC(C)(CCC2CC(=O)C=CC2(O)C#Cc2ccccc2)OC1. The lowest BCUT2D eigenvalue weighted by Crippen LogP contribution is -2.47. The molecule has 1 aliphatic carbocycles. The van der Waals surface area contributed by atoms with E-state index in [4.69, 9.17) is 9.47 Å². The topological polar surface area (TPSA) is 55.8 Å². The highest BCUT2D eigenvalue weighted by Gasteiger charge is 2.41. The Hall–Kier alpha value is -1.93. The van der Waals surface area contributed by atoms with Crippen molar-refractivity contribution in [3.63, 3.8) is 0 Å². The zero-order valence-electron chi connectivity index (χ0n) is 16.3. The van der Waals surface area contributed by atoms with Crippen LogP contribution in [0.2, 0.25) is 0 Å². The molecule has 0 radical (unpaired) electrons. The summed E-state index contributed by atoms with van der Waals surface area (Å²) in [6.07, 6.45) is 4.44. The van der Waals surface area contributed by atoms with Crippen molar-refractivity contribution in [1.29, 1.82) is 0 Å². The van der Waals surface area contributed by atoms with Gasteiger partial charge in [0.05, 0.1) is 13.2 Å². The Kier molecular flexibility index (Phi) is 5.58. The van der Waals surface area contributed by atoms with Crippen LogP contribution < -0.4 is 0 Å². The van der Waals surface area contributed by atoms with E-state index in [-0.39, 0.29) is 23.5 Å². The molecule has 1 heterocycles. The number of rotatable bonds is 3. The monoisotopic (exact) mass is 368 g/mol. The third kappa shape index (κ3) is 5.07. The minimum atomic E-state index is -1.33. The first-order valence-corrected chi connectivity index (χ1v) is 9.50. The zero-order valence-corrected chi connectivity index (χ0v) is 16.3. The molecule has 4 heteroatoms. The molecule has 0 bridgehead atoms. The van der Waals surface area contributed by atoms with E-state index in [9.17, 15) is 9.90 Å². The van der Waals surface area contributed by atoms with Gasteiger partial charge in [0.15, 0.2) is 11.6 Å². The lowest BCUT2D eigenvalue weighted by molar-refractivity contribution is -0.293. The molecule has 0 spiro atoms. The summed E-state index contributed by atoms with van der Waals surface area (Å²) in [6, 6.07) is 9.54. The largest absolute Gasteiger partial charge is 0.374 e. The van der Waals surface area contributed by atoms with Gasteiger partial charge in [-0.1, -0.05) is 43.9 Å². The third-order valence-corrected chi connectivity index (χ3v) is 5.26. The second kappa shape index (κ2) is 7.59. The quantitative estimate of drug-likeness (QED) is 0.830. The Morgan fingerprint density at radius 2 is 1.81 bits per heavy atom. The molecule has 2 unspecified atom stereocenters. The van der Waals surface area contributed by atoms with Gasteiger partial charge in [-0.3, -0.25) is 4.79 Å². The first-order valence-electron chi connectivity index (χ1n) is 9.50. The Morgan fingerprint density at radius 1 is 1.15 bits per heavy atom. The van der Waals surface area contributed by atoms with Gasteiger partial charge in [-0.15, -0.1) is 0 Å². The summed E-state index contributed by atoms with van der Waals surface area (Å²) in [5.74, 6) is 5.06. The molecular formula is C23H28O4. The van der Waals surface area contributed by atoms with E-state index in [1.165, 1.54) is 12.2 Å². The van der Waals surface area contributed by atoms with E-state index < -0.39 is 11.4 Å². The van der Waals surface area contributed by atoms with E-state index in [2.05, 4.69) is 25.7 Å². The smallest absolute Gasteiger partial charge is 0.165 e. The van der Waals surface area contributed by atoms with Gasteiger partial charge in [-0.05, 0) is 37.6 Å². The number of hydrogen-bond acceptors (Lipinski definition) is 4. The molecular weight excluding hydrogens is 340 g/mol. The number of allylic oxidation sites excluding steroid dienone is 1. The summed E-state index contributed by atoms with van der Waals surface area (Å²) in [5, 5.41) is 11.1. The lowest BCUT2D eigenvalue weighted by atomic mass is 9.76. The molecule has 144 valence electrons. The number of aliphatic hydroxyl groups is 1. The molecule has 1 aromatic rings. The van der Waals surface area contributed by atoms with Gasteiger partial charge in [-0.2, -0.15) is 0 Å². The van der Waals surface area contributed by atoms with Crippen molar-refractivity contribution < 1.29 is 19.4 Å². The van der Waals surface area contributed by atoms with Crippen molar-refractivity contribution in [1.82, 2.24) is 0 Å². The Balaban J connectivity index is 1.71. The average Bonchev–Trinajstić information content (AvgIpc) is 2.65. The van der Waals surface area contributed by atoms with Crippen LogP contribution in [0.4, 0.5) is 0 Å². The van der Waals surface area contributed by atoms with Gasteiger partial charge in [0.2, 0.25) is 0 Å². The van der Waals surface area contributed by atoms with Crippen LogP contribution in [0.1, 0.15) is 45.6 Å². The molecule has 0 saturated carbocycles. The summed E-state index contributed by atoms with van der Waals surface area (Å²) >= 11 is 0. The van der Waals surface area contributed by atoms with E-state index in [1.807, 2.05) is 37.3 Å². The third-order valence-electron chi connectivity index (χ3n) is 5.26. The van der Waals surface area contributed by atoms with Crippen molar-refractivity contribution >= 4 is 5.78 Å². The van der Waals surface area contributed by atoms with Gasteiger partial charge in [0.25, 0.3) is 0 Å². The summed E-state index contributed by atoms with van der Waals surface area (Å²) in [5.41, 5.74) is -0.484. The van der Waals surface area contributed by atoms with E-state index in [1.54, 1.807) is 0 Å². The highest BCUT2D eigenvalue weighted by Crippen LogP contribution is 2.37. The highest BCUT2D eigenvalue weighted by molar-refractivity contribution is 5.91. The summed E-state index contributed by atoms with van der Waals surface area (Å²) < 4.78 is 11.9. The van der Waals surface area contributed by atoms with Crippen LogP contribution in [-0.2, 0) is 14.3 Å². The fourth-order valence-electron chi connectivity index (χ4n) is 3.34. The molecule has 1 aliphatic heterocycles. The number of ether oxygens (including phenoxy) is 2. The zero-order chi connectivity index (χ0) is 19.5. The average molecular weight is 368 g/mol. The van der Waals surface area contributed by atoms with Crippen molar-refractivity contribution in [2.75, 3.05) is 13.2 Å². The van der Waals surface area contributed by atoms with Crippen LogP contribution in [0, 0.1) is 23.2 Å². The molecule has 2 aliphatic rings. The van der Waals surface area contributed by atoms with Crippen LogP contribution in [-0.4, -0.2) is 35.5 Å². The van der Waals surface area contributed by atoms with Crippen LogP contribution in [0.25, 0.3) is 0 Å². The normalized spacial score (nSPS) is 29.0. The van der Waals surface area contributed by atoms with Gasteiger partial charge in [-0.25, -0.2) is 0 Å². The predicted octanol–water partition coefficient (Wildman–Crippen LogP) is 3.48. The minimum absolute atomic E-state index is 0.00491. The fourth-order valence-corrected chi connectivity index (χ4v) is 3.34. The van der Waals surface area contributed by atoms with Gasteiger partial charge < -0.3 is 14.6 Å². The number of hydrogen-bond donors (Lipinski definition) is 1. The lowest BCUT2D eigenvalue weighted by Gasteiger charge is -2.42. The number of benzene rings is 1. The number of carbonyl (C=O) groups excluding carboxylic acids is 1. The maximum atomic E-state index is 11.9. The summed E-state index contributed by atoms with van der Waals surface area (Å²) in [7, 11) is 0. The highest BCUT2D eigenvalue weighted by atomic mass is 16.7. The molecule has 0 aromatic heterocycles. The predicted molar refractivity (Wildman–Crippen MR) is 104 cm³/mol. The first-order chi connectivity index (χ1) is 12.7. The van der Waals surface area contributed by atoms with E-state index >= 15 is 0 Å². The second-order valence-electron chi connectivity index (χ2n) is 8.56. The molecule has 2 atom stereocenters. The van der Waals surface area contributed by atoms with Crippen LogP contribution in [0.5, 0.6) is 0 Å². The van der Waals surface area contributed by atoms with Crippen molar-refractivity contribution in [3.05, 3.63) is 48.0 Å². The first kappa shape index (κ1) is 19.8. The Bertz CT molecular complexity index is 759. The Labute approximate surface area is 161 Å². The van der Waals surface area contributed by atoms with Crippen molar-refractivity contribution in [2.45, 2.75) is 51.4 Å². The van der Waals surface area contributed by atoms with Gasteiger partial charge in [0, 0.05) is 29.7 Å². The summed E-state index contributed by atoms with van der Waals surface area (Å²) in [6.45, 7) is 7.40. The maximum Gasteiger partial charge on any atom is 0.165 e. The van der Waals surface area contributed by atoms with Crippen LogP contribution in [0.15, 0.2) is 42.5 Å². The van der Waals surface area contributed by atoms with E-state index in [0.29, 0.717) is 26.1 Å². The molecule has 0 amide bonds. The maximum absolute atomic E-state index is 11.9. The number of carbonyl (C=O) groups is 1. The second-order valence-corrected chi connectivity index (χ2v) is 8.56. The molecule has 1 aromatic carbocycles. The minimum Gasteiger partial charge on any atom is -0.374 e. The van der Waals surface area contributed by atoms with Crippen LogP contribution in [0.3, 0.4) is 0 Å². The van der Waals surface area contributed by atoms with E-state index in [0.717, 1.165) is 5.56 Å². The molecule has 27 heavy (non-hydrogen) atoms. The van der Waals surface area contributed by atoms with Crippen molar-refractivity contribution in [3.8, 4) is 11.8 Å². The van der Waals surface area contributed by atoms with Gasteiger partial charge in [0.1, 0.15) is 5.60 Å². The standard InChI is InChI=1S/C23H28O4/c1-21(2)16-26-22(3,27-17-21)12-10-19-15-20(24)11-14-23(19,25)13-9-18-7-5-4-6-8-18/h4-8,11,14,19,25H,10,12,15-17H2,1-3H3. The molecule has 3 rings (SSSR count). The van der Waals surface area contributed by atoms with Crippen molar-refractivity contribution in [2.24, 2.45) is 11.3 Å². The summed E-state index contributed by atoms with van der Waals surface area (Å²) in [4.78, 5) is 11.9. The molecule has 4 nitrogen and oxygen atoms in total. The number of ketones is 1.